The predicted molar refractivity (Wildman–Crippen MR) is 111 cm³/mol. The molecule has 4 aliphatic rings. The number of piperidine rings is 1. The molecular weight excluding hydrogens is 386 g/mol. The number of nitrogens with one attached hydrogen (secondary N) is 1. The van der Waals surface area contributed by atoms with Gasteiger partial charge in [0, 0.05) is 50.2 Å². The smallest absolute Gasteiger partial charge is 0.255 e. The summed E-state index contributed by atoms with van der Waals surface area (Å²) in [5.41, 5.74) is 1.71. The van der Waals surface area contributed by atoms with Gasteiger partial charge >= 0.3 is 0 Å². The molecule has 1 spiro atoms. The number of anilines is 1. The summed E-state index contributed by atoms with van der Waals surface area (Å²) >= 11 is 0. The molecule has 1 aromatic rings. The maximum atomic E-state index is 12.9. The molecule has 9 nitrogen and oxygen atoms in total. The van der Waals surface area contributed by atoms with Crippen molar-refractivity contribution in [3.8, 4) is 0 Å². The van der Waals surface area contributed by atoms with Crippen molar-refractivity contribution in [2.45, 2.75) is 37.2 Å². The van der Waals surface area contributed by atoms with E-state index in [0.717, 1.165) is 56.6 Å². The molecule has 3 saturated heterocycles. The van der Waals surface area contributed by atoms with E-state index in [1.807, 2.05) is 11.9 Å². The lowest BCUT2D eigenvalue weighted by Gasteiger charge is -2.41. The fraction of sp³-hybridized carbons (Fsp3) is 0.762. The van der Waals surface area contributed by atoms with Crippen molar-refractivity contribution in [1.82, 2.24) is 19.8 Å². The number of fused-ring (bicyclic) bond motifs is 2. The molecule has 0 bridgehead atoms. The summed E-state index contributed by atoms with van der Waals surface area (Å²) in [7, 11) is 2.03. The monoisotopic (exact) mass is 417 g/mol. The molecule has 30 heavy (non-hydrogen) atoms. The molecule has 5 rings (SSSR count). The van der Waals surface area contributed by atoms with Gasteiger partial charge in [0.05, 0.1) is 25.5 Å². The zero-order valence-corrected chi connectivity index (χ0v) is 17.7. The third kappa shape index (κ3) is 3.52. The van der Waals surface area contributed by atoms with Gasteiger partial charge < -0.3 is 24.2 Å². The average Bonchev–Trinajstić information content (AvgIpc) is 3.13. The number of H-pyrrole nitrogens is 1. The zero-order chi connectivity index (χ0) is 20.7. The van der Waals surface area contributed by atoms with Crippen molar-refractivity contribution < 1.29 is 14.3 Å². The molecule has 4 heterocycles. The highest BCUT2D eigenvalue weighted by Crippen LogP contribution is 2.44. The normalized spacial score (nSPS) is 26.8. The maximum Gasteiger partial charge on any atom is 0.255 e. The molecule has 9 heteroatoms. The number of morpholine rings is 2. The SMILES string of the molecule is CN1CCOC(C(=O)N2CCC3(CCc4c3nc(N3CCOCC3)[nH]c4=O)CC2)C1. The van der Waals surface area contributed by atoms with Crippen LogP contribution in [0.3, 0.4) is 0 Å². The molecule has 1 N–H and O–H groups in total. The fourth-order valence-electron chi connectivity index (χ4n) is 5.34. The van der Waals surface area contributed by atoms with Crippen LogP contribution in [0, 0.1) is 0 Å². The molecular formula is C21H31N5O4. The van der Waals surface area contributed by atoms with Gasteiger partial charge in [-0.15, -0.1) is 0 Å². The first kappa shape index (κ1) is 20.0. The number of carbonyl (C=O) groups is 1. The maximum absolute atomic E-state index is 12.9. The van der Waals surface area contributed by atoms with Gasteiger partial charge in [-0.25, -0.2) is 4.98 Å². The Bertz CT molecular complexity index is 857. The minimum absolute atomic E-state index is 0.00415. The van der Waals surface area contributed by atoms with Gasteiger partial charge in [0.25, 0.3) is 11.5 Å². The van der Waals surface area contributed by atoms with Crippen LogP contribution >= 0.6 is 0 Å². The van der Waals surface area contributed by atoms with E-state index in [1.165, 1.54) is 0 Å². The number of amides is 1. The molecule has 0 radical (unpaired) electrons. The lowest BCUT2D eigenvalue weighted by atomic mass is 9.76. The van der Waals surface area contributed by atoms with Crippen LogP contribution in [0.1, 0.15) is 30.5 Å². The number of hydrogen-bond donors (Lipinski definition) is 1. The van der Waals surface area contributed by atoms with Crippen molar-refractivity contribution >= 4 is 11.9 Å². The number of nitrogens with zero attached hydrogens (tertiary/aromatic N) is 4. The van der Waals surface area contributed by atoms with Crippen LogP contribution in [0.25, 0.3) is 0 Å². The molecule has 3 fully saturated rings. The van der Waals surface area contributed by atoms with E-state index < -0.39 is 0 Å². The molecule has 1 atom stereocenters. The van der Waals surface area contributed by atoms with Crippen LogP contribution in [0.4, 0.5) is 5.95 Å². The van der Waals surface area contributed by atoms with Gasteiger partial charge in [-0.05, 0) is 32.7 Å². The zero-order valence-electron chi connectivity index (χ0n) is 17.7. The Kier molecular flexibility index (Phi) is 5.28. The minimum atomic E-state index is -0.359. The number of likely N-dealkylation sites (tertiary alicyclic amines) is 1. The summed E-state index contributed by atoms with van der Waals surface area (Å²) < 4.78 is 11.2. The van der Waals surface area contributed by atoms with E-state index in [9.17, 15) is 9.59 Å². The second kappa shape index (κ2) is 7.94. The van der Waals surface area contributed by atoms with E-state index in [2.05, 4.69) is 14.8 Å². The number of hydrogen-bond acceptors (Lipinski definition) is 7. The topological polar surface area (TPSA) is 91.0 Å². The largest absolute Gasteiger partial charge is 0.378 e. The van der Waals surface area contributed by atoms with Gasteiger partial charge in [0.1, 0.15) is 6.10 Å². The molecule has 1 unspecified atom stereocenters. The second-order valence-corrected chi connectivity index (χ2v) is 9.04. The molecule has 1 aromatic heterocycles. The Morgan fingerprint density at radius 1 is 1.10 bits per heavy atom. The van der Waals surface area contributed by atoms with Gasteiger partial charge in [0.2, 0.25) is 5.95 Å². The number of rotatable bonds is 2. The number of aromatic nitrogens is 2. The van der Waals surface area contributed by atoms with Crippen LogP contribution < -0.4 is 10.5 Å². The quantitative estimate of drug-likeness (QED) is 0.709. The number of ether oxygens (including phenoxy) is 2. The number of carbonyl (C=O) groups excluding carboxylic acids is 1. The summed E-state index contributed by atoms with van der Waals surface area (Å²) in [5, 5.41) is 0. The van der Waals surface area contributed by atoms with Crippen molar-refractivity contribution in [2.75, 3.05) is 71.0 Å². The highest BCUT2D eigenvalue weighted by atomic mass is 16.5. The van der Waals surface area contributed by atoms with E-state index >= 15 is 0 Å². The first-order chi connectivity index (χ1) is 14.6. The predicted octanol–water partition coefficient (Wildman–Crippen LogP) is -0.256. The van der Waals surface area contributed by atoms with E-state index in [0.29, 0.717) is 45.4 Å². The third-order valence-electron chi connectivity index (χ3n) is 7.25. The highest BCUT2D eigenvalue weighted by molar-refractivity contribution is 5.81. The van der Waals surface area contributed by atoms with Gasteiger partial charge in [-0.1, -0.05) is 0 Å². The molecule has 1 aliphatic carbocycles. The van der Waals surface area contributed by atoms with E-state index in [-0.39, 0.29) is 23.0 Å². The van der Waals surface area contributed by atoms with Crippen molar-refractivity contribution in [3.05, 3.63) is 21.6 Å². The Labute approximate surface area is 176 Å². The van der Waals surface area contributed by atoms with Crippen LogP contribution in [0.15, 0.2) is 4.79 Å². The third-order valence-corrected chi connectivity index (χ3v) is 7.25. The summed E-state index contributed by atoms with van der Waals surface area (Å²) in [6.45, 7) is 6.32. The van der Waals surface area contributed by atoms with Crippen LogP contribution in [-0.4, -0.2) is 97.9 Å². The van der Waals surface area contributed by atoms with Crippen LogP contribution in [-0.2, 0) is 26.1 Å². The van der Waals surface area contributed by atoms with Crippen LogP contribution in [0.2, 0.25) is 0 Å². The fourth-order valence-corrected chi connectivity index (χ4v) is 5.34. The molecule has 1 amide bonds. The summed E-state index contributed by atoms with van der Waals surface area (Å²) in [6, 6.07) is 0. The molecule has 0 saturated carbocycles. The molecule has 164 valence electrons. The van der Waals surface area contributed by atoms with E-state index in [4.69, 9.17) is 14.5 Å². The summed E-state index contributed by atoms with van der Waals surface area (Å²) in [6.07, 6.45) is 3.06. The minimum Gasteiger partial charge on any atom is -0.378 e. The Balaban J connectivity index is 1.32. The summed E-state index contributed by atoms with van der Waals surface area (Å²) in [5.74, 6) is 0.767. The first-order valence-corrected chi connectivity index (χ1v) is 11.1. The van der Waals surface area contributed by atoms with Gasteiger partial charge in [-0.3, -0.25) is 14.6 Å². The Hall–Kier alpha value is -1.97. The van der Waals surface area contributed by atoms with Gasteiger partial charge in [-0.2, -0.15) is 0 Å². The van der Waals surface area contributed by atoms with Crippen molar-refractivity contribution in [2.24, 2.45) is 0 Å². The average molecular weight is 418 g/mol. The summed E-state index contributed by atoms with van der Waals surface area (Å²) in [4.78, 5) is 39.9. The Morgan fingerprint density at radius 3 is 2.60 bits per heavy atom. The molecule has 3 aliphatic heterocycles. The Morgan fingerprint density at radius 2 is 1.87 bits per heavy atom. The van der Waals surface area contributed by atoms with Gasteiger partial charge in [0.15, 0.2) is 0 Å². The van der Waals surface area contributed by atoms with Crippen molar-refractivity contribution in [3.63, 3.8) is 0 Å². The standard InChI is InChI=1S/C21H31N5O4/c1-24-8-13-30-16(14-24)19(28)25-6-4-21(5-7-25)3-2-15-17(21)22-20(23-18(15)27)26-9-11-29-12-10-26/h16H,2-14H2,1H3,(H,22,23,27). The lowest BCUT2D eigenvalue weighted by Crippen LogP contribution is -2.53. The number of aromatic amines is 1. The lowest BCUT2D eigenvalue weighted by molar-refractivity contribution is -0.150. The van der Waals surface area contributed by atoms with Crippen molar-refractivity contribution in [1.29, 1.82) is 0 Å². The van der Waals surface area contributed by atoms with Crippen LogP contribution in [0.5, 0.6) is 0 Å². The number of likely N-dealkylation sites (N-methyl/N-ethyl adjacent to an activating group) is 1. The second-order valence-electron chi connectivity index (χ2n) is 9.04. The highest BCUT2D eigenvalue weighted by Gasteiger charge is 2.45. The van der Waals surface area contributed by atoms with E-state index in [1.54, 1.807) is 0 Å². The molecule has 0 aromatic carbocycles. The first-order valence-electron chi connectivity index (χ1n) is 11.1.